The summed E-state index contributed by atoms with van der Waals surface area (Å²) in [4.78, 5) is 6.62. The summed E-state index contributed by atoms with van der Waals surface area (Å²) in [6, 6.07) is 17.9. The third kappa shape index (κ3) is 2.87. The summed E-state index contributed by atoms with van der Waals surface area (Å²) in [5.74, 6) is 0.275. The standard InChI is InChI=1S/C27H27BrN2O4/c1-33-21-14-29-15-22-24(21)26(32)25(31)20(16-30-12-5-13-30)23(17-6-3-2-4-7-17)27(26,34-22)18-8-10-19(28)11-9-18/h2-4,6-11,14-15,20,23,25,31-32H,5,12-13,16H2,1H3/t20?,23?,25-,26+,27?/m1/s1. The summed E-state index contributed by atoms with van der Waals surface area (Å²) in [6.45, 7) is 2.67. The van der Waals surface area contributed by atoms with E-state index in [2.05, 4.69) is 37.9 Å². The minimum absolute atomic E-state index is 0.262. The summed E-state index contributed by atoms with van der Waals surface area (Å²) in [7, 11) is 1.55. The van der Waals surface area contributed by atoms with Gasteiger partial charge in [-0.3, -0.25) is 4.98 Å². The third-order valence-corrected chi connectivity index (χ3v) is 8.39. The molecule has 0 amide bonds. The minimum Gasteiger partial charge on any atom is -0.495 e. The van der Waals surface area contributed by atoms with Crippen LogP contribution in [-0.2, 0) is 11.2 Å². The molecule has 3 aliphatic rings. The van der Waals surface area contributed by atoms with Crippen LogP contribution in [0.25, 0.3) is 0 Å². The lowest BCUT2D eigenvalue weighted by atomic mass is 9.70. The Morgan fingerprint density at radius 2 is 1.85 bits per heavy atom. The van der Waals surface area contributed by atoms with E-state index in [1.165, 1.54) is 0 Å². The molecule has 176 valence electrons. The van der Waals surface area contributed by atoms with Crippen molar-refractivity contribution in [2.75, 3.05) is 26.7 Å². The highest BCUT2D eigenvalue weighted by Gasteiger charge is 2.76. The van der Waals surface area contributed by atoms with E-state index < -0.39 is 17.3 Å². The minimum atomic E-state index is -1.74. The first kappa shape index (κ1) is 22.0. The van der Waals surface area contributed by atoms with Crippen LogP contribution in [0, 0.1) is 5.92 Å². The van der Waals surface area contributed by atoms with Crippen LogP contribution in [0.3, 0.4) is 0 Å². The van der Waals surface area contributed by atoms with E-state index in [4.69, 9.17) is 9.47 Å². The van der Waals surface area contributed by atoms with Crippen LogP contribution < -0.4 is 9.47 Å². The number of rotatable bonds is 5. The first-order chi connectivity index (χ1) is 16.5. The van der Waals surface area contributed by atoms with Crippen molar-refractivity contribution >= 4 is 15.9 Å². The molecule has 1 aliphatic carbocycles. The van der Waals surface area contributed by atoms with Gasteiger partial charge in [0.2, 0.25) is 0 Å². The van der Waals surface area contributed by atoms with Crippen LogP contribution in [0.5, 0.6) is 11.5 Å². The maximum atomic E-state index is 12.7. The van der Waals surface area contributed by atoms with Gasteiger partial charge in [0.15, 0.2) is 11.2 Å². The van der Waals surface area contributed by atoms with Gasteiger partial charge in [0.1, 0.15) is 11.5 Å². The molecule has 7 heteroatoms. The maximum Gasteiger partial charge on any atom is 0.177 e. The summed E-state index contributed by atoms with van der Waals surface area (Å²) < 4.78 is 13.4. The number of benzene rings is 2. The second-order valence-electron chi connectivity index (χ2n) is 9.48. The molecule has 6 nitrogen and oxygen atoms in total. The van der Waals surface area contributed by atoms with E-state index >= 15 is 0 Å². The molecule has 0 radical (unpaired) electrons. The molecule has 2 aromatic carbocycles. The molecule has 2 fully saturated rings. The average Bonchev–Trinajstić information content (AvgIpc) is 3.20. The molecule has 1 saturated carbocycles. The quantitative estimate of drug-likeness (QED) is 0.530. The number of hydrogen-bond donors (Lipinski definition) is 2. The largest absolute Gasteiger partial charge is 0.495 e. The van der Waals surface area contributed by atoms with Gasteiger partial charge in [-0.2, -0.15) is 0 Å². The number of aliphatic hydroxyl groups excluding tert-OH is 1. The highest BCUT2D eigenvalue weighted by Crippen LogP contribution is 2.69. The lowest BCUT2D eigenvalue weighted by molar-refractivity contribution is -0.152. The van der Waals surface area contributed by atoms with Gasteiger partial charge in [-0.25, -0.2) is 0 Å². The van der Waals surface area contributed by atoms with Crippen molar-refractivity contribution < 1.29 is 19.7 Å². The molecule has 1 saturated heterocycles. The summed E-state index contributed by atoms with van der Waals surface area (Å²) >= 11 is 3.53. The van der Waals surface area contributed by atoms with Gasteiger partial charge in [0.05, 0.1) is 31.2 Å². The summed E-state index contributed by atoms with van der Waals surface area (Å²) in [6.07, 6.45) is 3.25. The number of likely N-dealkylation sites (tertiary alicyclic amines) is 1. The van der Waals surface area contributed by atoms with Crippen molar-refractivity contribution in [3.05, 3.63) is 88.2 Å². The maximum absolute atomic E-state index is 12.7. The van der Waals surface area contributed by atoms with Gasteiger partial charge in [-0.15, -0.1) is 0 Å². The van der Waals surface area contributed by atoms with E-state index in [-0.39, 0.29) is 11.8 Å². The third-order valence-electron chi connectivity index (χ3n) is 7.86. The average molecular weight is 523 g/mol. The Morgan fingerprint density at radius 1 is 1.12 bits per heavy atom. The predicted molar refractivity (Wildman–Crippen MR) is 131 cm³/mol. The van der Waals surface area contributed by atoms with Crippen molar-refractivity contribution in [3.8, 4) is 11.5 Å². The van der Waals surface area contributed by atoms with Crippen molar-refractivity contribution in [2.24, 2.45) is 5.92 Å². The number of fused-ring (bicyclic) bond motifs is 3. The molecule has 3 heterocycles. The number of ether oxygens (including phenoxy) is 2. The van der Waals surface area contributed by atoms with Gasteiger partial charge in [0, 0.05) is 22.9 Å². The molecule has 1 aromatic heterocycles. The fourth-order valence-electron chi connectivity index (χ4n) is 6.30. The van der Waals surface area contributed by atoms with Gasteiger partial charge in [-0.1, -0.05) is 58.4 Å². The Balaban J connectivity index is 1.64. The Labute approximate surface area is 207 Å². The topological polar surface area (TPSA) is 75.0 Å². The molecule has 0 bridgehead atoms. The van der Waals surface area contributed by atoms with Crippen molar-refractivity contribution in [3.63, 3.8) is 0 Å². The molecular formula is C27H27BrN2O4. The van der Waals surface area contributed by atoms with E-state index in [9.17, 15) is 10.2 Å². The molecular weight excluding hydrogens is 496 g/mol. The van der Waals surface area contributed by atoms with Crippen LogP contribution in [0.1, 0.15) is 29.0 Å². The monoisotopic (exact) mass is 522 g/mol. The summed E-state index contributed by atoms with van der Waals surface area (Å²) in [5.41, 5.74) is -0.711. The molecule has 0 spiro atoms. The SMILES string of the molecule is COc1cncc2c1[C@]1(O)[C@H](O)C(CN3CCC3)C(c3ccccc3)C1(c1ccc(Br)cc1)O2. The number of methoxy groups -OCH3 is 1. The Morgan fingerprint density at radius 3 is 2.50 bits per heavy atom. The molecule has 6 rings (SSSR count). The Kier molecular flexibility index (Phi) is 5.22. The molecule has 34 heavy (non-hydrogen) atoms. The van der Waals surface area contributed by atoms with Crippen LogP contribution in [-0.4, -0.2) is 52.9 Å². The van der Waals surface area contributed by atoms with Crippen molar-refractivity contribution in [1.29, 1.82) is 0 Å². The van der Waals surface area contributed by atoms with Crippen LogP contribution in [0.2, 0.25) is 0 Å². The number of hydrogen-bond acceptors (Lipinski definition) is 6. The number of aliphatic hydroxyl groups is 2. The zero-order chi connectivity index (χ0) is 23.5. The van der Waals surface area contributed by atoms with E-state index in [0.717, 1.165) is 35.1 Å². The van der Waals surface area contributed by atoms with Gasteiger partial charge in [-0.05, 0) is 42.8 Å². The first-order valence-electron chi connectivity index (χ1n) is 11.7. The zero-order valence-corrected chi connectivity index (χ0v) is 20.5. The van der Waals surface area contributed by atoms with E-state index in [1.807, 2.05) is 42.5 Å². The molecule has 5 atom stereocenters. The first-order valence-corrected chi connectivity index (χ1v) is 12.4. The van der Waals surface area contributed by atoms with Crippen LogP contribution >= 0.6 is 15.9 Å². The van der Waals surface area contributed by atoms with Crippen LogP contribution in [0.4, 0.5) is 0 Å². The normalized spacial score (nSPS) is 31.9. The van der Waals surface area contributed by atoms with E-state index in [1.54, 1.807) is 19.5 Å². The molecule has 2 aliphatic heterocycles. The lowest BCUT2D eigenvalue weighted by Crippen LogP contribution is -2.52. The molecule has 3 aromatic rings. The van der Waals surface area contributed by atoms with Gasteiger partial charge < -0.3 is 24.6 Å². The van der Waals surface area contributed by atoms with Crippen LogP contribution in [0.15, 0.2) is 71.5 Å². The number of nitrogens with zero attached hydrogens (tertiary/aromatic N) is 2. The van der Waals surface area contributed by atoms with Crippen molar-refractivity contribution in [2.45, 2.75) is 29.6 Å². The number of pyridine rings is 1. The second-order valence-corrected chi connectivity index (χ2v) is 10.4. The Hall–Kier alpha value is -2.45. The van der Waals surface area contributed by atoms with Gasteiger partial charge >= 0.3 is 0 Å². The van der Waals surface area contributed by atoms with E-state index in [0.29, 0.717) is 23.6 Å². The predicted octanol–water partition coefficient (Wildman–Crippen LogP) is 3.81. The smallest absolute Gasteiger partial charge is 0.177 e. The van der Waals surface area contributed by atoms with Gasteiger partial charge in [0.25, 0.3) is 0 Å². The highest BCUT2D eigenvalue weighted by atomic mass is 79.9. The molecule has 2 N–H and O–H groups in total. The second kappa shape index (κ2) is 8.05. The zero-order valence-electron chi connectivity index (χ0n) is 18.9. The lowest BCUT2D eigenvalue weighted by Gasteiger charge is -2.41. The number of halogens is 1. The highest BCUT2D eigenvalue weighted by molar-refractivity contribution is 9.10. The fourth-order valence-corrected chi connectivity index (χ4v) is 6.56. The Bertz CT molecular complexity index is 1200. The summed E-state index contributed by atoms with van der Waals surface area (Å²) in [5, 5.41) is 24.8. The van der Waals surface area contributed by atoms with Crippen molar-refractivity contribution in [1.82, 2.24) is 9.88 Å². The molecule has 3 unspecified atom stereocenters. The number of aromatic nitrogens is 1. The fraction of sp³-hybridized carbons (Fsp3) is 0.370.